The summed E-state index contributed by atoms with van der Waals surface area (Å²) >= 11 is 4.99. The lowest BCUT2D eigenvalue weighted by molar-refractivity contribution is 0.110. The molecule has 1 fully saturated rings. The van der Waals surface area contributed by atoms with Gasteiger partial charge in [0.05, 0.1) is 0 Å². The Labute approximate surface area is 113 Å². The van der Waals surface area contributed by atoms with Gasteiger partial charge in [-0.05, 0) is 32.9 Å². The van der Waals surface area contributed by atoms with Crippen molar-refractivity contribution in [2.75, 3.05) is 20.1 Å². The molecule has 0 unspecified atom stereocenters. The number of ether oxygens (including phenoxy) is 1. The van der Waals surface area contributed by atoms with Gasteiger partial charge in [-0.15, -0.1) is 0 Å². The standard InChI is InChI=1S/C13H19N3OS/c1-9-7-10(13(14)18)8-12(15-9)17-11-3-5-16(2)6-4-11/h7-8,11H,3-6H2,1-2H3,(H2,14,18). The van der Waals surface area contributed by atoms with Gasteiger partial charge in [-0.3, -0.25) is 0 Å². The van der Waals surface area contributed by atoms with Crippen LogP contribution in [0.2, 0.25) is 0 Å². The highest BCUT2D eigenvalue weighted by Crippen LogP contribution is 2.18. The number of aryl methyl sites for hydroxylation is 1. The van der Waals surface area contributed by atoms with Gasteiger partial charge in [-0.1, -0.05) is 12.2 Å². The molecule has 0 bridgehead atoms. The van der Waals surface area contributed by atoms with Crippen LogP contribution in [0.1, 0.15) is 24.1 Å². The lowest BCUT2D eigenvalue weighted by Crippen LogP contribution is -2.35. The zero-order chi connectivity index (χ0) is 13.1. The zero-order valence-electron chi connectivity index (χ0n) is 10.8. The highest BCUT2D eigenvalue weighted by atomic mass is 32.1. The lowest BCUT2D eigenvalue weighted by Gasteiger charge is -2.29. The average Bonchev–Trinajstić information content (AvgIpc) is 2.31. The number of piperidine rings is 1. The minimum Gasteiger partial charge on any atom is -0.474 e. The van der Waals surface area contributed by atoms with Gasteiger partial charge in [0.2, 0.25) is 5.88 Å². The van der Waals surface area contributed by atoms with Crippen molar-refractivity contribution in [1.82, 2.24) is 9.88 Å². The Balaban J connectivity index is 2.07. The van der Waals surface area contributed by atoms with Crippen LogP contribution in [0.4, 0.5) is 0 Å². The second-order valence-corrected chi connectivity index (χ2v) is 5.26. The molecule has 5 heteroatoms. The van der Waals surface area contributed by atoms with Crippen molar-refractivity contribution in [2.24, 2.45) is 5.73 Å². The van der Waals surface area contributed by atoms with Crippen molar-refractivity contribution in [3.63, 3.8) is 0 Å². The molecule has 1 aliphatic heterocycles. The topological polar surface area (TPSA) is 51.4 Å². The monoisotopic (exact) mass is 265 g/mol. The van der Waals surface area contributed by atoms with Crippen molar-refractivity contribution in [3.8, 4) is 5.88 Å². The quantitative estimate of drug-likeness (QED) is 0.839. The summed E-state index contributed by atoms with van der Waals surface area (Å²) in [6.45, 7) is 4.06. The molecular weight excluding hydrogens is 246 g/mol. The van der Waals surface area contributed by atoms with E-state index in [4.69, 9.17) is 22.7 Å². The summed E-state index contributed by atoms with van der Waals surface area (Å²) in [5, 5.41) is 0. The third-order valence-corrected chi connectivity index (χ3v) is 3.40. The van der Waals surface area contributed by atoms with Crippen LogP contribution in [0, 0.1) is 6.92 Å². The maximum absolute atomic E-state index is 5.92. The number of pyridine rings is 1. The molecule has 0 aromatic carbocycles. The molecule has 1 saturated heterocycles. The van der Waals surface area contributed by atoms with Crippen molar-refractivity contribution >= 4 is 17.2 Å². The van der Waals surface area contributed by atoms with Crippen molar-refractivity contribution in [2.45, 2.75) is 25.9 Å². The van der Waals surface area contributed by atoms with Gasteiger partial charge in [0.1, 0.15) is 11.1 Å². The summed E-state index contributed by atoms with van der Waals surface area (Å²) in [4.78, 5) is 7.07. The van der Waals surface area contributed by atoms with Gasteiger partial charge in [-0.2, -0.15) is 0 Å². The van der Waals surface area contributed by atoms with E-state index < -0.39 is 0 Å². The first-order chi connectivity index (χ1) is 8.54. The van der Waals surface area contributed by atoms with Crippen LogP contribution in [0.3, 0.4) is 0 Å². The van der Waals surface area contributed by atoms with Gasteiger partial charge < -0.3 is 15.4 Å². The Bertz CT molecular complexity index is 442. The maximum Gasteiger partial charge on any atom is 0.214 e. The van der Waals surface area contributed by atoms with E-state index in [1.807, 2.05) is 19.1 Å². The Morgan fingerprint density at radius 1 is 1.44 bits per heavy atom. The fraction of sp³-hybridized carbons (Fsp3) is 0.538. The first kappa shape index (κ1) is 13.2. The number of aromatic nitrogens is 1. The van der Waals surface area contributed by atoms with Crippen LogP contribution < -0.4 is 10.5 Å². The smallest absolute Gasteiger partial charge is 0.214 e. The molecule has 0 saturated carbocycles. The first-order valence-corrected chi connectivity index (χ1v) is 6.59. The SMILES string of the molecule is Cc1cc(C(N)=S)cc(OC2CCN(C)CC2)n1. The van der Waals surface area contributed by atoms with Crippen LogP contribution in [0.15, 0.2) is 12.1 Å². The van der Waals surface area contributed by atoms with Gasteiger partial charge in [0.25, 0.3) is 0 Å². The van der Waals surface area contributed by atoms with Crippen LogP contribution in [-0.4, -0.2) is 41.1 Å². The highest BCUT2D eigenvalue weighted by molar-refractivity contribution is 7.80. The first-order valence-electron chi connectivity index (χ1n) is 6.18. The summed E-state index contributed by atoms with van der Waals surface area (Å²) in [6.07, 6.45) is 2.32. The third kappa shape index (κ3) is 3.40. The number of hydrogen-bond acceptors (Lipinski definition) is 4. The average molecular weight is 265 g/mol. The molecule has 1 aliphatic rings. The minimum atomic E-state index is 0.245. The summed E-state index contributed by atoms with van der Waals surface area (Å²) in [6, 6.07) is 3.71. The molecule has 1 aromatic rings. The molecular formula is C13H19N3OS. The molecule has 0 atom stereocenters. The summed E-state index contributed by atoms with van der Waals surface area (Å²) in [5.74, 6) is 0.632. The Morgan fingerprint density at radius 2 is 2.11 bits per heavy atom. The number of thiocarbonyl (C=S) groups is 1. The van der Waals surface area contributed by atoms with Crippen LogP contribution in [-0.2, 0) is 0 Å². The van der Waals surface area contributed by atoms with Gasteiger partial charge in [-0.25, -0.2) is 4.98 Å². The lowest BCUT2D eigenvalue weighted by atomic mass is 10.1. The Kier molecular flexibility index (Phi) is 4.14. The predicted octanol–water partition coefficient (Wildman–Crippen LogP) is 1.50. The highest BCUT2D eigenvalue weighted by Gasteiger charge is 2.18. The van der Waals surface area contributed by atoms with Crippen molar-refractivity contribution < 1.29 is 4.74 Å². The number of hydrogen-bond donors (Lipinski definition) is 1. The molecule has 0 amide bonds. The molecule has 0 spiro atoms. The van der Waals surface area contributed by atoms with E-state index in [0.717, 1.165) is 37.2 Å². The van der Waals surface area contributed by atoms with Gasteiger partial charge in [0, 0.05) is 30.4 Å². The third-order valence-electron chi connectivity index (χ3n) is 3.17. The maximum atomic E-state index is 5.92. The number of nitrogens with two attached hydrogens (primary N) is 1. The molecule has 0 aliphatic carbocycles. The molecule has 98 valence electrons. The van der Waals surface area contributed by atoms with Crippen LogP contribution in [0.5, 0.6) is 5.88 Å². The van der Waals surface area contributed by atoms with Crippen LogP contribution in [0.25, 0.3) is 0 Å². The Hall–Kier alpha value is -1.20. The van der Waals surface area contributed by atoms with E-state index in [2.05, 4.69) is 16.9 Å². The molecule has 2 rings (SSSR count). The second kappa shape index (κ2) is 5.63. The summed E-state index contributed by atoms with van der Waals surface area (Å²) in [7, 11) is 2.13. The van der Waals surface area contributed by atoms with Gasteiger partial charge in [0.15, 0.2) is 0 Å². The van der Waals surface area contributed by atoms with E-state index in [-0.39, 0.29) is 6.10 Å². The largest absolute Gasteiger partial charge is 0.474 e. The fourth-order valence-corrected chi connectivity index (χ4v) is 2.23. The fourth-order valence-electron chi connectivity index (χ4n) is 2.11. The zero-order valence-corrected chi connectivity index (χ0v) is 11.7. The van der Waals surface area contributed by atoms with E-state index >= 15 is 0 Å². The number of nitrogens with zero attached hydrogens (tertiary/aromatic N) is 2. The van der Waals surface area contributed by atoms with Crippen molar-refractivity contribution in [3.05, 3.63) is 23.4 Å². The van der Waals surface area contributed by atoms with E-state index in [1.165, 1.54) is 0 Å². The normalized spacial score (nSPS) is 17.7. The molecule has 18 heavy (non-hydrogen) atoms. The minimum absolute atomic E-state index is 0.245. The number of likely N-dealkylation sites (tertiary alicyclic amines) is 1. The van der Waals surface area contributed by atoms with Crippen LogP contribution >= 0.6 is 12.2 Å². The predicted molar refractivity (Wildman–Crippen MR) is 76.0 cm³/mol. The van der Waals surface area contributed by atoms with E-state index in [1.54, 1.807) is 0 Å². The van der Waals surface area contributed by atoms with Gasteiger partial charge >= 0.3 is 0 Å². The Morgan fingerprint density at radius 3 is 2.72 bits per heavy atom. The second-order valence-electron chi connectivity index (χ2n) is 4.82. The summed E-state index contributed by atoms with van der Waals surface area (Å²) in [5.41, 5.74) is 7.34. The van der Waals surface area contributed by atoms with E-state index in [0.29, 0.717) is 10.9 Å². The molecule has 1 aromatic heterocycles. The molecule has 2 heterocycles. The van der Waals surface area contributed by atoms with E-state index in [9.17, 15) is 0 Å². The summed E-state index contributed by atoms with van der Waals surface area (Å²) < 4.78 is 5.92. The number of rotatable bonds is 3. The molecule has 2 N–H and O–H groups in total. The molecule has 4 nitrogen and oxygen atoms in total. The molecule has 0 radical (unpaired) electrons. The van der Waals surface area contributed by atoms with Crippen molar-refractivity contribution in [1.29, 1.82) is 0 Å².